The fourth-order valence-electron chi connectivity index (χ4n) is 1.08. The molecule has 0 aliphatic carbocycles. The number of aromatic nitrogens is 2. The summed E-state index contributed by atoms with van der Waals surface area (Å²) in [6.45, 7) is 4.05. The van der Waals surface area contributed by atoms with Crippen molar-refractivity contribution < 1.29 is 14.1 Å². The van der Waals surface area contributed by atoms with Gasteiger partial charge in [-0.3, -0.25) is 0 Å². The van der Waals surface area contributed by atoms with Gasteiger partial charge in [-0.05, 0) is 13.8 Å². The number of esters is 1. The smallest absolute Gasteiger partial charge is 0.351 e. The highest BCUT2D eigenvalue weighted by molar-refractivity contribution is 5.73. The molecule has 0 amide bonds. The Bertz CT molecular complexity index is 294. The van der Waals surface area contributed by atoms with Gasteiger partial charge < -0.3 is 4.74 Å². The lowest BCUT2D eigenvalue weighted by Gasteiger charge is -2.06. The van der Waals surface area contributed by atoms with E-state index in [9.17, 15) is 4.79 Å². The predicted octanol–water partition coefficient (Wildman–Crippen LogP) is 0.437. The van der Waals surface area contributed by atoms with Crippen molar-refractivity contribution in [3.63, 3.8) is 0 Å². The topological polar surface area (TPSA) is 35.1 Å². The van der Waals surface area contributed by atoms with Crippen LogP contribution in [0, 0.1) is 0 Å². The molecule has 1 rings (SSSR count). The van der Waals surface area contributed by atoms with Gasteiger partial charge in [0.1, 0.15) is 12.4 Å². The molecule has 4 nitrogen and oxygen atoms in total. The molecule has 0 aromatic carbocycles. The van der Waals surface area contributed by atoms with Crippen molar-refractivity contribution in [2.75, 3.05) is 6.61 Å². The summed E-state index contributed by atoms with van der Waals surface area (Å²) in [5.41, 5.74) is 0. The lowest BCUT2D eigenvalue weighted by Crippen LogP contribution is -2.25. The number of carbonyl (C=O) groups is 1. The van der Waals surface area contributed by atoms with E-state index in [0.717, 1.165) is 0 Å². The maximum Gasteiger partial charge on any atom is 0.351 e. The Morgan fingerprint density at radius 1 is 1.69 bits per heavy atom. The van der Waals surface area contributed by atoms with E-state index in [1.165, 1.54) is 0 Å². The molecule has 0 spiro atoms. The van der Waals surface area contributed by atoms with Crippen LogP contribution in [0.25, 0.3) is 0 Å². The molecule has 72 valence electrons. The van der Waals surface area contributed by atoms with Crippen LogP contribution >= 0.6 is 0 Å². The van der Waals surface area contributed by atoms with Crippen molar-refractivity contribution >= 4 is 5.97 Å². The van der Waals surface area contributed by atoms with E-state index in [1.54, 1.807) is 6.92 Å². The third-order valence-corrected chi connectivity index (χ3v) is 1.86. The van der Waals surface area contributed by atoms with Gasteiger partial charge in [0, 0.05) is 0 Å². The molecule has 0 aliphatic heterocycles. The van der Waals surface area contributed by atoms with Gasteiger partial charge in [0.05, 0.1) is 13.7 Å². The summed E-state index contributed by atoms with van der Waals surface area (Å²) in [5.74, 6) is -0.196. The molecule has 0 N–H and O–H groups in total. The lowest BCUT2D eigenvalue weighted by atomic mass is 10.3. The molecule has 4 heteroatoms. The maximum atomic E-state index is 11.3. The number of hydrogen-bond donors (Lipinski definition) is 0. The first kappa shape index (κ1) is 9.77. The van der Waals surface area contributed by atoms with Crippen LogP contribution in [0.2, 0.25) is 0 Å². The van der Waals surface area contributed by atoms with Gasteiger partial charge >= 0.3 is 5.97 Å². The van der Waals surface area contributed by atoms with Gasteiger partial charge in [-0.2, -0.15) is 0 Å². The molecular weight excluding hydrogens is 168 g/mol. The molecule has 1 aromatic heterocycles. The molecule has 1 aromatic rings. The summed E-state index contributed by atoms with van der Waals surface area (Å²) in [6, 6.07) is -0.249. The number of ether oxygens (including phenoxy) is 1. The first-order valence-corrected chi connectivity index (χ1v) is 4.34. The van der Waals surface area contributed by atoms with Crippen LogP contribution in [0.5, 0.6) is 0 Å². The Balaban J connectivity index is 2.67. The summed E-state index contributed by atoms with van der Waals surface area (Å²) in [6.07, 6.45) is 5.58. The number of rotatable bonds is 3. The van der Waals surface area contributed by atoms with Crippen LogP contribution in [-0.4, -0.2) is 17.1 Å². The molecule has 0 saturated carbocycles. The Labute approximate surface area is 77.7 Å². The van der Waals surface area contributed by atoms with Crippen LogP contribution in [0.15, 0.2) is 18.7 Å². The zero-order chi connectivity index (χ0) is 9.84. The van der Waals surface area contributed by atoms with E-state index in [4.69, 9.17) is 4.74 Å². The van der Waals surface area contributed by atoms with Crippen molar-refractivity contribution in [2.24, 2.45) is 7.05 Å². The van der Waals surface area contributed by atoms with E-state index in [-0.39, 0.29) is 12.0 Å². The zero-order valence-electron chi connectivity index (χ0n) is 8.23. The molecule has 1 atom stereocenters. The minimum Gasteiger partial charge on any atom is -0.463 e. The van der Waals surface area contributed by atoms with E-state index in [1.807, 2.05) is 41.8 Å². The highest BCUT2D eigenvalue weighted by Gasteiger charge is 2.20. The first-order valence-electron chi connectivity index (χ1n) is 4.34. The second kappa shape index (κ2) is 4.07. The Kier molecular flexibility index (Phi) is 3.06. The van der Waals surface area contributed by atoms with Crippen LogP contribution < -0.4 is 4.57 Å². The van der Waals surface area contributed by atoms with Crippen molar-refractivity contribution in [1.29, 1.82) is 0 Å². The van der Waals surface area contributed by atoms with Crippen LogP contribution in [-0.2, 0) is 16.6 Å². The van der Waals surface area contributed by atoms with Gasteiger partial charge in [0.15, 0.2) is 6.04 Å². The molecule has 13 heavy (non-hydrogen) atoms. The van der Waals surface area contributed by atoms with Crippen molar-refractivity contribution in [1.82, 2.24) is 4.57 Å². The van der Waals surface area contributed by atoms with Gasteiger partial charge in [0.25, 0.3) is 0 Å². The fraction of sp³-hybridized carbons (Fsp3) is 0.556. The van der Waals surface area contributed by atoms with Crippen LogP contribution in [0.4, 0.5) is 0 Å². The molecule has 1 heterocycles. The number of aryl methyl sites for hydroxylation is 1. The van der Waals surface area contributed by atoms with E-state index < -0.39 is 0 Å². The highest BCUT2D eigenvalue weighted by Crippen LogP contribution is 2.05. The summed E-state index contributed by atoms with van der Waals surface area (Å²) in [4.78, 5) is 11.3. The lowest BCUT2D eigenvalue weighted by molar-refractivity contribution is -0.671. The minimum atomic E-state index is -0.249. The highest BCUT2D eigenvalue weighted by atomic mass is 16.5. The maximum absolute atomic E-state index is 11.3. The van der Waals surface area contributed by atoms with Crippen LogP contribution in [0.3, 0.4) is 0 Å². The number of carbonyl (C=O) groups excluding carboxylic acids is 1. The average Bonchev–Trinajstić information content (AvgIpc) is 2.51. The van der Waals surface area contributed by atoms with Gasteiger partial charge in [-0.1, -0.05) is 0 Å². The monoisotopic (exact) mass is 183 g/mol. The van der Waals surface area contributed by atoms with Crippen LogP contribution in [0.1, 0.15) is 19.9 Å². The van der Waals surface area contributed by atoms with E-state index in [2.05, 4.69) is 0 Å². The summed E-state index contributed by atoms with van der Waals surface area (Å²) in [5, 5.41) is 0. The Morgan fingerprint density at radius 3 is 2.85 bits per heavy atom. The third kappa shape index (κ3) is 2.31. The average molecular weight is 183 g/mol. The van der Waals surface area contributed by atoms with Crippen molar-refractivity contribution in [3.8, 4) is 0 Å². The Morgan fingerprint density at radius 2 is 2.38 bits per heavy atom. The molecule has 0 aliphatic rings. The predicted molar refractivity (Wildman–Crippen MR) is 47.0 cm³/mol. The molecule has 0 radical (unpaired) electrons. The Hall–Kier alpha value is -1.32. The zero-order valence-corrected chi connectivity index (χ0v) is 8.23. The quantitative estimate of drug-likeness (QED) is 0.503. The molecule has 0 fully saturated rings. The molecule has 0 saturated heterocycles. The number of hydrogen-bond acceptors (Lipinski definition) is 2. The minimum absolute atomic E-state index is 0.196. The van der Waals surface area contributed by atoms with Gasteiger partial charge in [-0.15, -0.1) is 0 Å². The number of imidazole rings is 1. The first-order chi connectivity index (χ1) is 6.15. The van der Waals surface area contributed by atoms with Crippen molar-refractivity contribution in [2.45, 2.75) is 19.9 Å². The normalized spacial score (nSPS) is 12.5. The fourth-order valence-corrected chi connectivity index (χ4v) is 1.08. The summed E-state index contributed by atoms with van der Waals surface area (Å²) in [7, 11) is 1.91. The SMILES string of the molecule is CCOC(=O)[C@@H](C)n1cc[n+](C)c1. The molecule has 0 unspecified atom stereocenters. The van der Waals surface area contributed by atoms with E-state index >= 15 is 0 Å². The second-order valence-corrected chi connectivity index (χ2v) is 2.95. The summed E-state index contributed by atoms with van der Waals surface area (Å²) >= 11 is 0. The second-order valence-electron chi connectivity index (χ2n) is 2.95. The summed E-state index contributed by atoms with van der Waals surface area (Å²) < 4.78 is 8.60. The third-order valence-electron chi connectivity index (χ3n) is 1.86. The largest absolute Gasteiger partial charge is 0.463 e. The van der Waals surface area contributed by atoms with Gasteiger partial charge in [-0.25, -0.2) is 13.9 Å². The number of nitrogens with zero attached hydrogens (tertiary/aromatic N) is 2. The van der Waals surface area contributed by atoms with Gasteiger partial charge in [0.2, 0.25) is 6.33 Å². The molecule has 0 bridgehead atoms. The van der Waals surface area contributed by atoms with E-state index in [0.29, 0.717) is 6.61 Å². The molecular formula is C9H15N2O2+. The standard InChI is InChI=1S/C9H15N2O2/c1-4-13-9(12)8(2)11-6-5-10(3)7-11/h5-8H,4H2,1-3H3/q+1/t8-/m1/s1. The van der Waals surface area contributed by atoms with Crippen molar-refractivity contribution in [3.05, 3.63) is 18.7 Å².